The van der Waals surface area contributed by atoms with Crippen molar-refractivity contribution in [1.29, 1.82) is 0 Å². The van der Waals surface area contributed by atoms with Crippen LogP contribution in [0.3, 0.4) is 0 Å². The minimum Gasteiger partial charge on any atom is -0.492 e. The van der Waals surface area contributed by atoms with Gasteiger partial charge in [-0.2, -0.15) is 0 Å². The fourth-order valence-electron chi connectivity index (χ4n) is 2.85. The second kappa shape index (κ2) is 10.3. The van der Waals surface area contributed by atoms with E-state index in [2.05, 4.69) is 5.32 Å². The summed E-state index contributed by atoms with van der Waals surface area (Å²) in [4.78, 5) is 12.6. The number of sulfonamides is 1. The van der Waals surface area contributed by atoms with Gasteiger partial charge < -0.3 is 10.1 Å². The highest BCUT2D eigenvalue weighted by molar-refractivity contribution is 7.92. The number of amides is 1. The summed E-state index contributed by atoms with van der Waals surface area (Å²) in [5.41, 5.74) is 1.24. The SMILES string of the molecule is Cc1ccc(S(=O)(=O)N(CC(=O)NCCOc2ccccc2)c2cccc(Cl)c2)cc1. The van der Waals surface area contributed by atoms with Crippen molar-refractivity contribution in [3.05, 3.63) is 89.4 Å². The summed E-state index contributed by atoms with van der Waals surface area (Å²) in [7, 11) is -3.97. The lowest BCUT2D eigenvalue weighted by molar-refractivity contribution is -0.119. The van der Waals surface area contributed by atoms with E-state index >= 15 is 0 Å². The molecule has 0 aliphatic carbocycles. The van der Waals surface area contributed by atoms with Crippen LogP contribution in [0.4, 0.5) is 5.69 Å². The monoisotopic (exact) mass is 458 g/mol. The number of halogens is 1. The number of anilines is 1. The maximum Gasteiger partial charge on any atom is 0.264 e. The normalized spacial score (nSPS) is 11.0. The molecule has 162 valence electrons. The van der Waals surface area contributed by atoms with Gasteiger partial charge >= 0.3 is 0 Å². The number of nitrogens with one attached hydrogen (secondary N) is 1. The van der Waals surface area contributed by atoms with E-state index in [-0.39, 0.29) is 24.6 Å². The second-order valence-corrected chi connectivity index (χ2v) is 9.11. The number of aryl methyl sites for hydroxylation is 1. The van der Waals surface area contributed by atoms with Gasteiger partial charge in [0.15, 0.2) is 0 Å². The Morgan fingerprint density at radius 3 is 2.39 bits per heavy atom. The number of hydrogen-bond donors (Lipinski definition) is 1. The lowest BCUT2D eigenvalue weighted by atomic mass is 10.2. The van der Waals surface area contributed by atoms with Crippen LogP contribution in [0.15, 0.2) is 83.8 Å². The Kier molecular flexibility index (Phi) is 7.55. The Balaban J connectivity index is 1.72. The molecule has 1 N–H and O–H groups in total. The van der Waals surface area contributed by atoms with Gasteiger partial charge in [0.1, 0.15) is 18.9 Å². The summed E-state index contributed by atoms with van der Waals surface area (Å²) >= 11 is 6.06. The fraction of sp³-hybridized carbons (Fsp3) is 0.174. The van der Waals surface area contributed by atoms with E-state index in [1.807, 2.05) is 37.3 Å². The first kappa shape index (κ1) is 22.7. The van der Waals surface area contributed by atoms with Gasteiger partial charge in [-0.3, -0.25) is 9.10 Å². The molecule has 0 radical (unpaired) electrons. The number of rotatable bonds is 9. The molecule has 0 unspecified atom stereocenters. The van der Waals surface area contributed by atoms with E-state index in [0.29, 0.717) is 16.5 Å². The lowest BCUT2D eigenvalue weighted by Gasteiger charge is -2.24. The predicted molar refractivity (Wildman–Crippen MR) is 122 cm³/mol. The average molecular weight is 459 g/mol. The fourth-order valence-corrected chi connectivity index (χ4v) is 4.44. The predicted octanol–water partition coefficient (Wildman–Crippen LogP) is 4.04. The van der Waals surface area contributed by atoms with E-state index in [1.54, 1.807) is 30.3 Å². The third-order valence-corrected chi connectivity index (χ3v) is 6.45. The number of carbonyl (C=O) groups excluding carboxylic acids is 1. The first-order chi connectivity index (χ1) is 14.9. The van der Waals surface area contributed by atoms with Crippen molar-refractivity contribution in [2.45, 2.75) is 11.8 Å². The van der Waals surface area contributed by atoms with Crippen molar-refractivity contribution in [1.82, 2.24) is 5.32 Å². The number of para-hydroxylation sites is 1. The van der Waals surface area contributed by atoms with Crippen molar-refractivity contribution in [3.63, 3.8) is 0 Å². The van der Waals surface area contributed by atoms with Crippen LogP contribution >= 0.6 is 11.6 Å². The Morgan fingerprint density at radius 1 is 1.00 bits per heavy atom. The summed E-state index contributed by atoms with van der Waals surface area (Å²) in [5, 5.41) is 3.07. The molecule has 0 saturated heterocycles. The highest BCUT2D eigenvalue weighted by Gasteiger charge is 2.27. The molecule has 0 aromatic heterocycles. The molecule has 0 aliphatic heterocycles. The number of benzene rings is 3. The number of hydrogen-bond acceptors (Lipinski definition) is 4. The van der Waals surface area contributed by atoms with E-state index in [4.69, 9.17) is 16.3 Å². The van der Waals surface area contributed by atoms with Crippen molar-refractivity contribution >= 4 is 33.2 Å². The molecule has 0 atom stereocenters. The molecule has 6 nitrogen and oxygen atoms in total. The molecule has 0 heterocycles. The first-order valence-corrected chi connectivity index (χ1v) is 11.5. The van der Waals surface area contributed by atoms with Gasteiger partial charge in [0, 0.05) is 5.02 Å². The van der Waals surface area contributed by atoms with Gasteiger partial charge in [-0.25, -0.2) is 8.42 Å². The maximum atomic E-state index is 13.3. The lowest BCUT2D eigenvalue weighted by Crippen LogP contribution is -2.41. The van der Waals surface area contributed by atoms with Gasteiger partial charge in [-0.05, 0) is 49.4 Å². The molecule has 1 amide bonds. The zero-order valence-corrected chi connectivity index (χ0v) is 18.6. The van der Waals surface area contributed by atoms with Crippen LogP contribution in [0.25, 0.3) is 0 Å². The third-order valence-electron chi connectivity index (χ3n) is 4.43. The zero-order chi connectivity index (χ0) is 22.3. The molecule has 0 aliphatic rings. The van der Waals surface area contributed by atoms with E-state index in [1.165, 1.54) is 18.2 Å². The van der Waals surface area contributed by atoms with Crippen LogP contribution in [0.2, 0.25) is 5.02 Å². The van der Waals surface area contributed by atoms with Gasteiger partial charge in [0.2, 0.25) is 5.91 Å². The van der Waals surface area contributed by atoms with Gasteiger partial charge in [0.25, 0.3) is 10.0 Å². The molecule has 3 aromatic rings. The Morgan fingerprint density at radius 2 is 1.71 bits per heavy atom. The highest BCUT2D eigenvalue weighted by Crippen LogP contribution is 2.26. The van der Waals surface area contributed by atoms with Crippen LogP contribution in [0, 0.1) is 6.92 Å². The largest absolute Gasteiger partial charge is 0.492 e. The summed E-state index contributed by atoms with van der Waals surface area (Å²) in [6, 6.07) is 22.1. The van der Waals surface area contributed by atoms with Gasteiger partial charge in [-0.15, -0.1) is 0 Å². The Labute approximate surface area is 187 Å². The number of ether oxygens (including phenoxy) is 1. The molecule has 0 bridgehead atoms. The average Bonchev–Trinajstić information content (AvgIpc) is 2.76. The summed E-state index contributed by atoms with van der Waals surface area (Å²) in [6.07, 6.45) is 0. The van der Waals surface area contributed by atoms with Crippen LogP contribution < -0.4 is 14.4 Å². The van der Waals surface area contributed by atoms with Crippen LogP contribution in [0.1, 0.15) is 5.56 Å². The van der Waals surface area contributed by atoms with Crippen molar-refractivity contribution < 1.29 is 17.9 Å². The first-order valence-electron chi connectivity index (χ1n) is 9.66. The van der Waals surface area contributed by atoms with Crippen molar-refractivity contribution in [3.8, 4) is 5.75 Å². The second-order valence-electron chi connectivity index (χ2n) is 6.82. The van der Waals surface area contributed by atoms with Crippen molar-refractivity contribution in [2.24, 2.45) is 0 Å². The van der Waals surface area contributed by atoms with Crippen LogP contribution in [0.5, 0.6) is 5.75 Å². The molecule has 3 aromatic carbocycles. The molecule has 0 spiro atoms. The Bertz CT molecular complexity index is 1120. The third kappa shape index (κ3) is 6.23. The smallest absolute Gasteiger partial charge is 0.264 e. The summed E-state index contributed by atoms with van der Waals surface area (Å²) in [6.45, 7) is 1.98. The van der Waals surface area contributed by atoms with Gasteiger partial charge in [-0.1, -0.05) is 53.6 Å². The zero-order valence-electron chi connectivity index (χ0n) is 17.0. The van der Waals surface area contributed by atoms with Crippen LogP contribution in [-0.4, -0.2) is 34.0 Å². The van der Waals surface area contributed by atoms with Crippen LogP contribution in [-0.2, 0) is 14.8 Å². The Hall–Kier alpha value is -3.03. The minimum atomic E-state index is -3.97. The molecule has 0 fully saturated rings. The maximum absolute atomic E-state index is 13.3. The molecule has 3 rings (SSSR count). The van der Waals surface area contributed by atoms with Crippen molar-refractivity contribution in [2.75, 3.05) is 24.0 Å². The number of carbonyl (C=O) groups is 1. The summed E-state index contributed by atoms with van der Waals surface area (Å²) in [5.74, 6) is 0.242. The van der Waals surface area contributed by atoms with E-state index in [0.717, 1.165) is 9.87 Å². The quantitative estimate of drug-likeness (QED) is 0.491. The van der Waals surface area contributed by atoms with E-state index in [9.17, 15) is 13.2 Å². The molecule has 8 heteroatoms. The molecular formula is C23H23ClN2O4S. The molecule has 0 saturated carbocycles. The molecule has 31 heavy (non-hydrogen) atoms. The minimum absolute atomic E-state index is 0.0956. The van der Waals surface area contributed by atoms with E-state index < -0.39 is 15.9 Å². The topological polar surface area (TPSA) is 75.7 Å². The highest BCUT2D eigenvalue weighted by atomic mass is 35.5. The number of nitrogens with zero attached hydrogens (tertiary/aromatic N) is 1. The molecular weight excluding hydrogens is 436 g/mol. The standard InChI is InChI=1S/C23H23ClN2O4S/c1-18-10-12-22(13-11-18)31(28,29)26(20-7-5-6-19(24)16-20)17-23(27)25-14-15-30-21-8-3-2-4-9-21/h2-13,16H,14-15,17H2,1H3,(H,25,27). The van der Waals surface area contributed by atoms with Gasteiger partial charge in [0.05, 0.1) is 17.1 Å². The summed E-state index contributed by atoms with van der Waals surface area (Å²) < 4.78 is 33.2.